The largest absolute Gasteiger partial charge is 0.497 e. The summed E-state index contributed by atoms with van der Waals surface area (Å²) < 4.78 is 17.9. The maximum Gasteiger partial charge on any atom is 0.264 e. The molecule has 11 nitrogen and oxygen atoms in total. The van der Waals surface area contributed by atoms with E-state index in [9.17, 15) is 4.79 Å². The summed E-state index contributed by atoms with van der Waals surface area (Å²) in [5.74, 6) is 1.69. The SMILES string of the molecule is COc1ccc(-c2nc(NC(=O)COc3nn(C)c4nc(C)cc(C)c34)n[nH]2)c(OC)c1. The molecule has 0 aliphatic rings. The number of hydrogen-bond acceptors (Lipinski definition) is 8. The van der Waals surface area contributed by atoms with Gasteiger partial charge in [-0.25, -0.2) is 9.67 Å². The van der Waals surface area contributed by atoms with Gasteiger partial charge in [0.05, 0.1) is 25.2 Å². The number of aromatic nitrogens is 6. The van der Waals surface area contributed by atoms with E-state index in [1.54, 1.807) is 44.1 Å². The Hall–Kier alpha value is -4.15. The number of aromatic amines is 1. The number of carbonyl (C=O) groups excluding carboxylic acids is 1. The smallest absolute Gasteiger partial charge is 0.264 e. The van der Waals surface area contributed by atoms with Gasteiger partial charge in [0, 0.05) is 18.8 Å². The van der Waals surface area contributed by atoms with Crippen LogP contribution >= 0.6 is 0 Å². The molecule has 3 heterocycles. The van der Waals surface area contributed by atoms with Crippen molar-refractivity contribution < 1.29 is 19.0 Å². The number of pyridine rings is 1. The average Bonchev–Trinajstić information content (AvgIpc) is 3.36. The highest BCUT2D eigenvalue weighted by Crippen LogP contribution is 2.31. The number of nitrogens with zero attached hydrogens (tertiary/aromatic N) is 5. The Labute approximate surface area is 183 Å². The van der Waals surface area contributed by atoms with E-state index in [-0.39, 0.29) is 12.6 Å². The molecule has 0 aliphatic carbocycles. The topological polar surface area (TPSA) is 129 Å². The van der Waals surface area contributed by atoms with Gasteiger partial charge in [-0.3, -0.25) is 15.2 Å². The van der Waals surface area contributed by atoms with Crippen LogP contribution in [0.5, 0.6) is 17.4 Å². The summed E-state index contributed by atoms with van der Waals surface area (Å²) in [4.78, 5) is 21.2. The van der Waals surface area contributed by atoms with Gasteiger partial charge in [-0.05, 0) is 37.6 Å². The maximum atomic E-state index is 12.4. The van der Waals surface area contributed by atoms with Crippen LogP contribution in [-0.4, -0.2) is 56.7 Å². The molecule has 0 saturated carbocycles. The molecule has 0 unspecified atom stereocenters. The molecule has 1 amide bonds. The first-order valence-electron chi connectivity index (χ1n) is 9.78. The minimum absolute atomic E-state index is 0.117. The molecule has 166 valence electrons. The van der Waals surface area contributed by atoms with Gasteiger partial charge in [0.1, 0.15) is 11.5 Å². The number of ether oxygens (including phenoxy) is 3. The predicted octanol–water partition coefficient (Wildman–Crippen LogP) is 2.40. The predicted molar refractivity (Wildman–Crippen MR) is 117 cm³/mol. The van der Waals surface area contributed by atoms with Crippen LogP contribution in [0, 0.1) is 13.8 Å². The van der Waals surface area contributed by atoms with Crippen molar-refractivity contribution in [1.82, 2.24) is 29.9 Å². The highest BCUT2D eigenvalue weighted by atomic mass is 16.5. The van der Waals surface area contributed by atoms with Crippen molar-refractivity contribution in [3.8, 4) is 28.8 Å². The molecule has 0 spiro atoms. The summed E-state index contributed by atoms with van der Waals surface area (Å²) in [5.41, 5.74) is 3.24. The Morgan fingerprint density at radius 2 is 1.97 bits per heavy atom. The third kappa shape index (κ3) is 4.04. The third-order valence-corrected chi connectivity index (χ3v) is 4.83. The highest BCUT2D eigenvalue weighted by molar-refractivity contribution is 5.91. The van der Waals surface area contributed by atoms with E-state index in [1.807, 2.05) is 19.9 Å². The molecule has 11 heteroatoms. The number of benzene rings is 1. The molecular weight excluding hydrogens is 414 g/mol. The monoisotopic (exact) mass is 437 g/mol. The van der Waals surface area contributed by atoms with Crippen LogP contribution in [0.4, 0.5) is 5.95 Å². The van der Waals surface area contributed by atoms with E-state index in [0.29, 0.717) is 34.4 Å². The van der Waals surface area contributed by atoms with E-state index in [0.717, 1.165) is 16.6 Å². The first-order chi connectivity index (χ1) is 15.4. The Morgan fingerprint density at radius 1 is 1.16 bits per heavy atom. The van der Waals surface area contributed by atoms with Crippen molar-refractivity contribution in [2.45, 2.75) is 13.8 Å². The van der Waals surface area contributed by atoms with Gasteiger partial charge in [0.25, 0.3) is 5.91 Å². The van der Waals surface area contributed by atoms with Crippen molar-refractivity contribution in [3.63, 3.8) is 0 Å². The number of fused-ring (bicyclic) bond motifs is 1. The lowest BCUT2D eigenvalue weighted by atomic mass is 10.2. The number of methoxy groups -OCH3 is 2. The van der Waals surface area contributed by atoms with Crippen LogP contribution in [0.15, 0.2) is 24.3 Å². The normalized spacial score (nSPS) is 10.9. The summed E-state index contributed by atoms with van der Waals surface area (Å²) >= 11 is 0. The number of H-pyrrole nitrogens is 1. The van der Waals surface area contributed by atoms with Gasteiger partial charge in [-0.2, -0.15) is 4.98 Å². The first-order valence-corrected chi connectivity index (χ1v) is 9.78. The van der Waals surface area contributed by atoms with E-state index < -0.39 is 5.91 Å². The molecule has 0 atom stereocenters. The lowest BCUT2D eigenvalue weighted by molar-refractivity contribution is -0.118. The summed E-state index contributed by atoms with van der Waals surface area (Å²) in [6, 6.07) is 7.25. The van der Waals surface area contributed by atoms with Crippen LogP contribution in [-0.2, 0) is 11.8 Å². The molecule has 1 aromatic carbocycles. The first kappa shape index (κ1) is 21.1. The minimum atomic E-state index is -0.422. The zero-order valence-corrected chi connectivity index (χ0v) is 18.4. The highest BCUT2D eigenvalue weighted by Gasteiger charge is 2.17. The van der Waals surface area contributed by atoms with Crippen LogP contribution < -0.4 is 19.5 Å². The van der Waals surface area contributed by atoms with Crippen LogP contribution in [0.1, 0.15) is 11.3 Å². The molecule has 4 aromatic rings. The van der Waals surface area contributed by atoms with Crippen molar-refractivity contribution in [1.29, 1.82) is 0 Å². The molecule has 32 heavy (non-hydrogen) atoms. The second-order valence-electron chi connectivity index (χ2n) is 7.12. The Bertz CT molecular complexity index is 1300. The molecule has 0 fully saturated rings. The quantitative estimate of drug-likeness (QED) is 0.451. The van der Waals surface area contributed by atoms with Crippen molar-refractivity contribution in [2.24, 2.45) is 7.05 Å². The van der Waals surface area contributed by atoms with Crippen LogP contribution in [0.2, 0.25) is 0 Å². The molecule has 0 bridgehead atoms. The average molecular weight is 437 g/mol. The Morgan fingerprint density at radius 3 is 2.72 bits per heavy atom. The summed E-state index contributed by atoms with van der Waals surface area (Å²) in [6.45, 7) is 3.61. The molecule has 3 aromatic heterocycles. The fourth-order valence-electron chi connectivity index (χ4n) is 3.38. The van der Waals surface area contributed by atoms with Gasteiger partial charge in [0.15, 0.2) is 18.1 Å². The zero-order valence-electron chi connectivity index (χ0n) is 18.4. The van der Waals surface area contributed by atoms with Gasteiger partial charge in [-0.1, -0.05) is 0 Å². The number of rotatable bonds is 7. The van der Waals surface area contributed by atoms with Crippen LogP contribution in [0.25, 0.3) is 22.4 Å². The Balaban J connectivity index is 1.45. The van der Waals surface area contributed by atoms with E-state index >= 15 is 0 Å². The number of amides is 1. The maximum absolute atomic E-state index is 12.4. The molecule has 0 saturated heterocycles. The summed E-state index contributed by atoms with van der Waals surface area (Å²) in [5, 5.41) is 14.6. The molecular formula is C21H23N7O4. The lowest BCUT2D eigenvalue weighted by Crippen LogP contribution is -2.21. The number of hydrogen-bond donors (Lipinski definition) is 2. The third-order valence-electron chi connectivity index (χ3n) is 4.83. The zero-order chi connectivity index (χ0) is 22.8. The number of anilines is 1. The van der Waals surface area contributed by atoms with E-state index in [2.05, 4.69) is 30.6 Å². The lowest BCUT2D eigenvalue weighted by Gasteiger charge is -2.07. The van der Waals surface area contributed by atoms with Crippen LogP contribution in [0.3, 0.4) is 0 Å². The molecule has 4 rings (SSSR count). The summed E-state index contributed by atoms with van der Waals surface area (Å²) in [6.07, 6.45) is 0. The van der Waals surface area contributed by atoms with Gasteiger partial charge in [0.2, 0.25) is 11.8 Å². The van der Waals surface area contributed by atoms with Crippen molar-refractivity contribution in [2.75, 3.05) is 26.1 Å². The van der Waals surface area contributed by atoms with Gasteiger partial charge in [-0.15, -0.1) is 10.2 Å². The van der Waals surface area contributed by atoms with E-state index in [4.69, 9.17) is 14.2 Å². The van der Waals surface area contributed by atoms with Crippen molar-refractivity contribution in [3.05, 3.63) is 35.5 Å². The minimum Gasteiger partial charge on any atom is -0.497 e. The fourth-order valence-corrected chi connectivity index (χ4v) is 3.38. The number of nitrogens with one attached hydrogen (secondary N) is 2. The molecule has 0 radical (unpaired) electrons. The summed E-state index contributed by atoms with van der Waals surface area (Å²) in [7, 11) is 4.91. The second kappa shape index (κ2) is 8.53. The van der Waals surface area contributed by atoms with E-state index in [1.165, 1.54) is 0 Å². The van der Waals surface area contributed by atoms with Crippen molar-refractivity contribution >= 4 is 22.9 Å². The number of aryl methyl sites for hydroxylation is 3. The standard InChI is InChI=1S/C21H23N7O4/c1-11-8-12(2)22-19-17(11)20(27-28(19)3)32-10-16(29)23-21-24-18(25-26-21)14-7-6-13(30-4)9-15(14)31-5/h6-9H,10H2,1-5H3,(H2,23,24,25,26,29). The second-order valence-corrected chi connectivity index (χ2v) is 7.12. The Kier molecular flexibility index (Phi) is 5.63. The number of carbonyl (C=O) groups is 1. The van der Waals surface area contributed by atoms with Gasteiger partial charge >= 0.3 is 0 Å². The molecule has 0 aliphatic heterocycles. The van der Waals surface area contributed by atoms with Gasteiger partial charge < -0.3 is 14.2 Å². The molecule has 2 N–H and O–H groups in total. The fraction of sp³-hybridized carbons (Fsp3) is 0.286.